The van der Waals surface area contributed by atoms with Crippen LogP contribution in [0.1, 0.15) is 17.7 Å². The van der Waals surface area contributed by atoms with Gasteiger partial charge in [0.2, 0.25) is 0 Å². The highest BCUT2D eigenvalue weighted by molar-refractivity contribution is 5.86. The molecule has 0 atom stereocenters. The number of anilines is 3. The minimum Gasteiger partial charge on any atom is -0.370 e. The van der Waals surface area contributed by atoms with E-state index in [9.17, 15) is 9.65 Å². The van der Waals surface area contributed by atoms with Crippen LogP contribution in [0.3, 0.4) is 0 Å². The molecule has 154 valence electrons. The second-order valence-electron chi connectivity index (χ2n) is 7.61. The zero-order chi connectivity index (χ0) is 21.5. The van der Waals surface area contributed by atoms with E-state index in [1.807, 2.05) is 37.2 Å². The van der Waals surface area contributed by atoms with E-state index in [1.54, 1.807) is 23.0 Å². The van der Waals surface area contributed by atoms with E-state index < -0.39 is 0 Å². The zero-order valence-electron chi connectivity index (χ0n) is 17.2. The Labute approximate surface area is 179 Å². The minimum absolute atomic E-state index is 0.303. The number of benzene rings is 2. The molecule has 0 saturated carbocycles. The van der Waals surface area contributed by atoms with Crippen LogP contribution in [0.15, 0.2) is 48.7 Å². The molecule has 3 heterocycles. The molecular formula is C23H20FN7. The van der Waals surface area contributed by atoms with E-state index >= 15 is 0 Å². The first-order valence-electron chi connectivity index (χ1n) is 10.1. The molecule has 0 spiro atoms. The summed E-state index contributed by atoms with van der Waals surface area (Å²) in [6.45, 7) is 0.899. The number of nitrogens with zero attached hydrogens (tertiary/aromatic N) is 7. The molecule has 8 heteroatoms. The third-order valence-corrected chi connectivity index (χ3v) is 5.65. The molecule has 0 amide bonds. The predicted octanol–water partition coefficient (Wildman–Crippen LogP) is 3.98. The van der Waals surface area contributed by atoms with Gasteiger partial charge in [-0.15, -0.1) is 0 Å². The van der Waals surface area contributed by atoms with Crippen molar-refractivity contribution in [3.05, 3.63) is 65.7 Å². The van der Waals surface area contributed by atoms with Crippen molar-refractivity contribution in [2.24, 2.45) is 0 Å². The zero-order valence-corrected chi connectivity index (χ0v) is 17.2. The standard InChI is InChI=1S/C23H20FN7/c1-29-11-5-9-19-21(29)22(30(2)17-8-4-7-16(24)12-17)28-23(27-19)31-20-10-3-6-15(13-25)18(20)14-26-31/h3-4,6-8,10,12,14H,5,9,11H2,1-2H3. The van der Waals surface area contributed by atoms with Gasteiger partial charge in [0.25, 0.3) is 5.95 Å². The number of aromatic nitrogens is 4. The Balaban J connectivity index is 1.72. The number of fused-ring (bicyclic) bond motifs is 2. The van der Waals surface area contributed by atoms with Crippen LogP contribution in [0.5, 0.6) is 0 Å². The second-order valence-corrected chi connectivity index (χ2v) is 7.61. The first-order valence-corrected chi connectivity index (χ1v) is 10.1. The smallest absolute Gasteiger partial charge is 0.253 e. The van der Waals surface area contributed by atoms with Gasteiger partial charge in [0.15, 0.2) is 5.82 Å². The average molecular weight is 413 g/mol. The van der Waals surface area contributed by atoms with Gasteiger partial charge in [0.1, 0.15) is 11.5 Å². The quantitative estimate of drug-likeness (QED) is 0.506. The summed E-state index contributed by atoms with van der Waals surface area (Å²) >= 11 is 0. The van der Waals surface area contributed by atoms with Crippen molar-refractivity contribution in [1.29, 1.82) is 5.26 Å². The molecule has 0 aliphatic carbocycles. The van der Waals surface area contributed by atoms with E-state index in [0.29, 0.717) is 23.0 Å². The van der Waals surface area contributed by atoms with E-state index in [2.05, 4.69) is 16.1 Å². The third-order valence-electron chi connectivity index (χ3n) is 5.65. The topological polar surface area (TPSA) is 73.9 Å². The number of hydrogen-bond donors (Lipinski definition) is 0. The van der Waals surface area contributed by atoms with Gasteiger partial charge in [0.05, 0.1) is 29.0 Å². The van der Waals surface area contributed by atoms with E-state index in [-0.39, 0.29) is 5.82 Å². The maximum absolute atomic E-state index is 13.9. The Kier molecular flexibility index (Phi) is 4.51. The van der Waals surface area contributed by atoms with Gasteiger partial charge < -0.3 is 9.80 Å². The van der Waals surface area contributed by atoms with E-state index in [1.165, 1.54) is 12.1 Å². The van der Waals surface area contributed by atoms with Crippen molar-refractivity contribution >= 4 is 28.1 Å². The summed E-state index contributed by atoms with van der Waals surface area (Å²) in [5.74, 6) is 0.813. The normalized spacial score (nSPS) is 13.2. The van der Waals surface area contributed by atoms with Crippen LogP contribution in [-0.4, -0.2) is 40.4 Å². The SMILES string of the molecule is CN1CCCc2nc(-n3ncc4c(C#N)cccc43)nc(N(C)c3cccc(F)c3)c21. The lowest BCUT2D eigenvalue weighted by molar-refractivity contribution is 0.628. The van der Waals surface area contributed by atoms with Gasteiger partial charge in [-0.1, -0.05) is 12.1 Å². The Morgan fingerprint density at radius 1 is 1.16 bits per heavy atom. The molecule has 0 saturated heterocycles. The van der Waals surface area contributed by atoms with Crippen molar-refractivity contribution in [3.8, 4) is 12.0 Å². The summed E-state index contributed by atoms with van der Waals surface area (Å²) in [7, 11) is 3.89. The lowest BCUT2D eigenvalue weighted by Gasteiger charge is -2.32. The van der Waals surface area contributed by atoms with E-state index in [4.69, 9.17) is 9.97 Å². The van der Waals surface area contributed by atoms with Gasteiger partial charge in [-0.05, 0) is 43.2 Å². The number of nitriles is 1. The van der Waals surface area contributed by atoms with Crippen LogP contribution in [0, 0.1) is 17.1 Å². The van der Waals surface area contributed by atoms with Crippen molar-refractivity contribution in [3.63, 3.8) is 0 Å². The Bertz CT molecular complexity index is 1340. The molecule has 0 unspecified atom stereocenters. The van der Waals surface area contributed by atoms with Crippen LogP contribution in [-0.2, 0) is 6.42 Å². The fraction of sp³-hybridized carbons (Fsp3) is 0.217. The van der Waals surface area contributed by atoms with Gasteiger partial charge in [-0.2, -0.15) is 20.0 Å². The van der Waals surface area contributed by atoms with Crippen LogP contribution >= 0.6 is 0 Å². The van der Waals surface area contributed by atoms with Crippen molar-refractivity contribution < 1.29 is 4.39 Å². The lowest BCUT2D eigenvalue weighted by Crippen LogP contribution is -2.29. The molecule has 5 rings (SSSR count). The predicted molar refractivity (Wildman–Crippen MR) is 117 cm³/mol. The van der Waals surface area contributed by atoms with Crippen LogP contribution < -0.4 is 9.80 Å². The Morgan fingerprint density at radius 2 is 2.00 bits per heavy atom. The van der Waals surface area contributed by atoms with Crippen molar-refractivity contribution in [1.82, 2.24) is 19.7 Å². The molecule has 0 fully saturated rings. The first-order chi connectivity index (χ1) is 15.1. The van der Waals surface area contributed by atoms with Crippen LogP contribution in [0.25, 0.3) is 16.9 Å². The van der Waals surface area contributed by atoms with Crippen molar-refractivity contribution in [2.75, 3.05) is 30.4 Å². The Morgan fingerprint density at radius 3 is 2.81 bits per heavy atom. The number of halogens is 1. The fourth-order valence-electron chi connectivity index (χ4n) is 4.08. The molecule has 1 aliphatic rings. The molecule has 2 aromatic carbocycles. The first kappa shape index (κ1) is 19.0. The van der Waals surface area contributed by atoms with Crippen LogP contribution in [0.2, 0.25) is 0 Å². The van der Waals surface area contributed by atoms with Gasteiger partial charge in [-0.3, -0.25) is 0 Å². The van der Waals surface area contributed by atoms with Gasteiger partial charge >= 0.3 is 0 Å². The summed E-state index contributed by atoms with van der Waals surface area (Å²) in [5.41, 5.74) is 3.89. The molecule has 1 aliphatic heterocycles. The van der Waals surface area contributed by atoms with Crippen LogP contribution in [0.4, 0.5) is 21.6 Å². The number of aryl methyl sites for hydroxylation is 1. The average Bonchev–Trinajstić information content (AvgIpc) is 3.22. The maximum Gasteiger partial charge on any atom is 0.253 e. The third kappa shape index (κ3) is 3.15. The monoisotopic (exact) mass is 413 g/mol. The lowest BCUT2D eigenvalue weighted by atomic mass is 10.1. The summed E-state index contributed by atoms with van der Waals surface area (Å²) in [5, 5.41) is 14.6. The second kappa shape index (κ2) is 7.36. The Hall–Kier alpha value is -3.99. The fourth-order valence-corrected chi connectivity index (χ4v) is 4.08. The van der Waals surface area contributed by atoms with E-state index in [0.717, 1.165) is 41.7 Å². The molecule has 0 bridgehead atoms. The molecule has 2 aromatic heterocycles. The molecule has 0 radical (unpaired) electrons. The summed E-state index contributed by atoms with van der Waals surface area (Å²) in [4.78, 5) is 13.7. The summed E-state index contributed by atoms with van der Waals surface area (Å²) in [6.07, 6.45) is 3.47. The number of rotatable bonds is 3. The minimum atomic E-state index is -0.303. The molecule has 4 aromatic rings. The summed E-state index contributed by atoms with van der Waals surface area (Å²) < 4.78 is 15.6. The van der Waals surface area contributed by atoms with Gasteiger partial charge in [0, 0.05) is 31.7 Å². The highest BCUT2D eigenvalue weighted by Crippen LogP contribution is 2.37. The van der Waals surface area contributed by atoms with Crippen molar-refractivity contribution in [2.45, 2.75) is 12.8 Å². The van der Waals surface area contributed by atoms with Gasteiger partial charge in [-0.25, -0.2) is 9.37 Å². The molecule has 7 nitrogen and oxygen atoms in total. The molecular weight excluding hydrogens is 393 g/mol. The highest BCUT2D eigenvalue weighted by Gasteiger charge is 2.25. The molecule has 31 heavy (non-hydrogen) atoms. The highest BCUT2D eigenvalue weighted by atomic mass is 19.1. The maximum atomic E-state index is 13.9. The molecule has 0 N–H and O–H groups in total. The number of hydrogen-bond acceptors (Lipinski definition) is 6. The summed E-state index contributed by atoms with van der Waals surface area (Å²) in [6, 6.07) is 14.1. The largest absolute Gasteiger partial charge is 0.370 e.